The van der Waals surface area contributed by atoms with Gasteiger partial charge in [0.25, 0.3) is 6.43 Å². The van der Waals surface area contributed by atoms with Gasteiger partial charge in [-0.2, -0.15) is 0 Å². The summed E-state index contributed by atoms with van der Waals surface area (Å²) in [5.41, 5.74) is -0.385. The number of carbonyl (C=O) groups excluding carboxylic acids is 1. The molecule has 0 atom stereocenters. The summed E-state index contributed by atoms with van der Waals surface area (Å²) in [5.74, 6) is -1.16. The lowest BCUT2D eigenvalue weighted by Crippen LogP contribution is -2.04. The molecule has 0 bridgehead atoms. The van der Waals surface area contributed by atoms with E-state index in [1.165, 1.54) is 14.0 Å². The zero-order valence-corrected chi connectivity index (χ0v) is 8.89. The average Bonchev–Trinajstić information content (AvgIpc) is 2.15. The van der Waals surface area contributed by atoms with Crippen LogP contribution in [0.4, 0.5) is 13.2 Å². The Morgan fingerprint density at radius 2 is 2.06 bits per heavy atom. The number of Topliss-reactive ketones (excluding diaryl/α,β-unsaturated/α-hetero) is 1. The molecule has 0 N–H and O–H groups in total. The number of methoxy groups -OCH3 is 1. The minimum absolute atomic E-state index is 0.119. The molecule has 0 unspecified atom stereocenters. The number of rotatable bonds is 4. The SMILES string of the molecule is COc1c(CC(C)=O)cc(F)cc1C(F)F. The van der Waals surface area contributed by atoms with E-state index in [0.29, 0.717) is 6.07 Å². The first-order valence-electron chi connectivity index (χ1n) is 4.59. The van der Waals surface area contributed by atoms with Gasteiger partial charge in [-0.3, -0.25) is 4.79 Å². The maximum atomic E-state index is 13.1. The molecule has 0 fully saturated rings. The van der Waals surface area contributed by atoms with Crippen LogP contribution in [0.5, 0.6) is 5.75 Å². The monoisotopic (exact) mass is 232 g/mol. The number of alkyl halides is 2. The van der Waals surface area contributed by atoms with E-state index < -0.39 is 17.8 Å². The van der Waals surface area contributed by atoms with Gasteiger partial charge >= 0.3 is 0 Å². The zero-order chi connectivity index (χ0) is 12.3. The van der Waals surface area contributed by atoms with E-state index in [0.717, 1.165) is 6.07 Å². The van der Waals surface area contributed by atoms with Gasteiger partial charge in [0.1, 0.15) is 17.3 Å². The Kier molecular flexibility index (Phi) is 3.93. The Bertz CT molecular complexity index is 402. The van der Waals surface area contributed by atoms with Crippen molar-refractivity contribution in [2.24, 2.45) is 0 Å². The molecule has 0 aliphatic rings. The summed E-state index contributed by atoms with van der Waals surface area (Å²) in [6.07, 6.45) is -2.96. The minimum atomic E-state index is -2.84. The first-order chi connectivity index (χ1) is 7.45. The number of hydrogen-bond acceptors (Lipinski definition) is 2. The van der Waals surface area contributed by atoms with E-state index in [9.17, 15) is 18.0 Å². The Hall–Kier alpha value is -1.52. The highest BCUT2D eigenvalue weighted by Crippen LogP contribution is 2.33. The van der Waals surface area contributed by atoms with Crippen molar-refractivity contribution in [2.75, 3.05) is 7.11 Å². The summed E-state index contributed by atoms with van der Waals surface area (Å²) in [6.45, 7) is 1.30. The van der Waals surface area contributed by atoms with E-state index in [1.54, 1.807) is 0 Å². The summed E-state index contributed by atoms with van der Waals surface area (Å²) in [5, 5.41) is 0. The molecule has 16 heavy (non-hydrogen) atoms. The van der Waals surface area contributed by atoms with E-state index in [2.05, 4.69) is 0 Å². The highest BCUT2D eigenvalue weighted by Gasteiger charge is 2.19. The van der Waals surface area contributed by atoms with Crippen LogP contribution >= 0.6 is 0 Å². The first-order valence-corrected chi connectivity index (χ1v) is 4.59. The Morgan fingerprint density at radius 1 is 1.44 bits per heavy atom. The number of benzene rings is 1. The molecule has 1 aromatic rings. The standard InChI is InChI=1S/C11H11F3O2/c1-6(15)3-7-4-8(12)5-9(11(13)14)10(7)16-2/h4-5,11H,3H2,1-2H3. The predicted molar refractivity (Wildman–Crippen MR) is 52.3 cm³/mol. The molecule has 0 aromatic heterocycles. The van der Waals surface area contributed by atoms with Gasteiger partial charge in [-0.25, -0.2) is 13.2 Å². The summed E-state index contributed by atoms with van der Waals surface area (Å²) >= 11 is 0. The second-order valence-electron chi connectivity index (χ2n) is 3.37. The summed E-state index contributed by atoms with van der Waals surface area (Å²) < 4.78 is 43.0. The van der Waals surface area contributed by atoms with Crippen LogP contribution in [0.2, 0.25) is 0 Å². The van der Waals surface area contributed by atoms with Crippen molar-refractivity contribution in [3.63, 3.8) is 0 Å². The third-order valence-electron chi connectivity index (χ3n) is 2.04. The molecule has 0 amide bonds. The molecule has 0 saturated heterocycles. The maximum Gasteiger partial charge on any atom is 0.267 e. The van der Waals surface area contributed by atoms with E-state index >= 15 is 0 Å². The van der Waals surface area contributed by atoms with Crippen LogP contribution in [0, 0.1) is 5.82 Å². The normalized spacial score (nSPS) is 10.6. The molecule has 1 rings (SSSR count). The summed E-state index contributed by atoms with van der Waals surface area (Å²) in [4.78, 5) is 10.9. The van der Waals surface area contributed by atoms with Gasteiger partial charge in [-0.05, 0) is 19.1 Å². The fourth-order valence-electron chi connectivity index (χ4n) is 1.48. The van der Waals surface area contributed by atoms with Crippen molar-refractivity contribution in [3.05, 3.63) is 29.1 Å². The van der Waals surface area contributed by atoms with Crippen LogP contribution in [-0.2, 0) is 11.2 Å². The van der Waals surface area contributed by atoms with Crippen LogP contribution in [0.3, 0.4) is 0 Å². The van der Waals surface area contributed by atoms with Crippen molar-refractivity contribution >= 4 is 5.78 Å². The molecule has 5 heteroatoms. The smallest absolute Gasteiger partial charge is 0.267 e. The lowest BCUT2D eigenvalue weighted by molar-refractivity contribution is -0.116. The van der Waals surface area contributed by atoms with Gasteiger partial charge in [0.05, 0.1) is 12.7 Å². The predicted octanol–water partition coefficient (Wildman–Crippen LogP) is 2.90. The van der Waals surface area contributed by atoms with Crippen LogP contribution in [0.15, 0.2) is 12.1 Å². The number of ether oxygens (including phenoxy) is 1. The quantitative estimate of drug-likeness (QED) is 0.797. The zero-order valence-electron chi connectivity index (χ0n) is 8.89. The van der Waals surface area contributed by atoms with Crippen LogP contribution in [0.1, 0.15) is 24.5 Å². The van der Waals surface area contributed by atoms with Gasteiger partial charge in [0.2, 0.25) is 0 Å². The van der Waals surface area contributed by atoms with Crippen molar-refractivity contribution in [1.82, 2.24) is 0 Å². The molecule has 88 valence electrons. The van der Waals surface area contributed by atoms with Crippen molar-refractivity contribution in [1.29, 1.82) is 0 Å². The summed E-state index contributed by atoms with van der Waals surface area (Å²) in [6, 6.07) is 1.75. The van der Waals surface area contributed by atoms with Crippen LogP contribution in [0.25, 0.3) is 0 Å². The molecule has 2 nitrogen and oxygen atoms in total. The van der Waals surface area contributed by atoms with E-state index in [4.69, 9.17) is 4.74 Å². The fourth-order valence-corrected chi connectivity index (χ4v) is 1.48. The average molecular weight is 232 g/mol. The number of hydrogen-bond donors (Lipinski definition) is 0. The highest BCUT2D eigenvalue weighted by molar-refractivity contribution is 5.79. The fraction of sp³-hybridized carbons (Fsp3) is 0.364. The van der Waals surface area contributed by atoms with Gasteiger partial charge in [0, 0.05) is 12.0 Å². The number of halogens is 3. The van der Waals surface area contributed by atoms with Crippen molar-refractivity contribution < 1.29 is 22.7 Å². The Morgan fingerprint density at radius 3 is 2.50 bits per heavy atom. The Balaban J connectivity index is 3.29. The Labute approximate surface area is 91.0 Å². The lowest BCUT2D eigenvalue weighted by atomic mass is 10.0. The molecule has 0 spiro atoms. The van der Waals surface area contributed by atoms with E-state index in [-0.39, 0.29) is 23.5 Å². The van der Waals surface area contributed by atoms with Crippen molar-refractivity contribution in [2.45, 2.75) is 19.8 Å². The maximum absolute atomic E-state index is 13.1. The molecule has 1 aromatic carbocycles. The lowest BCUT2D eigenvalue weighted by Gasteiger charge is -2.12. The molecular formula is C11H11F3O2. The minimum Gasteiger partial charge on any atom is -0.496 e. The molecular weight excluding hydrogens is 221 g/mol. The second kappa shape index (κ2) is 5.01. The molecule has 0 aliphatic carbocycles. The summed E-state index contributed by atoms with van der Waals surface area (Å²) in [7, 11) is 1.21. The number of ketones is 1. The van der Waals surface area contributed by atoms with Gasteiger partial charge < -0.3 is 4.74 Å². The molecule has 0 aliphatic heterocycles. The largest absolute Gasteiger partial charge is 0.496 e. The van der Waals surface area contributed by atoms with Crippen molar-refractivity contribution in [3.8, 4) is 5.75 Å². The number of carbonyl (C=O) groups is 1. The van der Waals surface area contributed by atoms with Gasteiger partial charge in [-0.15, -0.1) is 0 Å². The molecule has 0 radical (unpaired) electrons. The van der Waals surface area contributed by atoms with Gasteiger partial charge in [0.15, 0.2) is 0 Å². The third-order valence-corrected chi connectivity index (χ3v) is 2.04. The topological polar surface area (TPSA) is 26.3 Å². The first kappa shape index (κ1) is 12.5. The van der Waals surface area contributed by atoms with E-state index in [1.807, 2.05) is 0 Å². The van der Waals surface area contributed by atoms with Crippen LogP contribution in [-0.4, -0.2) is 12.9 Å². The van der Waals surface area contributed by atoms with Gasteiger partial charge in [-0.1, -0.05) is 0 Å². The second-order valence-corrected chi connectivity index (χ2v) is 3.37. The molecule has 0 heterocycles. The third kappa shape index (κ3) is 2.74. The highest BCUT2D eigenvalue weighted by atomic mass is 19.3. The van der Waals surface area contributed by atoms with Crippen LogP contribution < -0.4 is 4.74 Å². The molecule has 0 saturated carbocycles.